The summed E-state index contributed by atoms with van der Waals surface area (Å²) < 4.78 is 5.62. The maximum atomic E-state index is 9.07. The molecule has 4 nitrogen and oxygen atoms in total. The van der Waals surface area contributed by atoms with Crippen molar-refractivity contribution < 1.29 is 9.84 Å². The summed E-state index contributed by atoms with van der Waals surface area (Å²) in [6.07, 6.45) is 3.79. The summed E-state index contributed by atoms with van der Waals surface area (Å²) in [5.41, 5.74) is 0. The van der Waals surface area contributed by atoms with Crippen LogP contribution in [0.2, 0.25) is 0 Å². The highest BCUT2D eigenvalue weighted by Gasteiger charge is 2.19. The molecule has 1 unspecified atom stereocenters. The SMILES string of the molecule is CCOC1CCN(CCC(CO)NC)CC1. The number of likely N-dealkylation sites (tertiary alicyclic amines) is 1. The second kappa shape index (κ2) is 8.01. The van der Waals surface area contributed by atoms with Gasteiger partial charge >= 0.3 is 0 Å². The summed E-state index contributed by atoms with van der Waals surface area (Å²) in [4.78, 5) is 2.47. The van der Waals surface area contributed by atoms with E-state index < -0.39 is 0 Å². The lowest BCUT2D eigenvalue weighted by molar-refractivity contribution is 0.0132. The van der Waals surface area contributed by atoms with Crippen LogP contribution in [0, 0.1) is 0 Å². The van der Waals surface area contributed by atoms with E-state index in [-0.39, 0.29) is 12.6 Å². The number of nitrogens with zero attached hydrogens (tertiary/aromatic N) is 1. The molecule has 1 saturated heterocycles. The fourth-order valence-electron chi connectivity index (χ4n) is 2.20. The number of piperidine rings is 1. The quantitative estimate of drug-likeness (QED) is 0.667. The van der Waals surface area contributed by atoms with E-state index in [2.05, 4.69) is 17.1 Å². The molecule has 0 amide bonds. The lowest BCUT2D eigenvalue weighted by Gasteiger charge is -2.32. The van der Waals surface area contributed by atoms with Gasteiger partial charge in [0.05, 0.1) is 12.7 Å². The summed E-state index contributed by atoms with van der Waals surface area (Å²) in [7, 11) is 1.90. The van der Waals surface area contributed by atoms with E-state index in [1.807, 2.05) is 7.05 Å². The Hall–Kier alpha value is -0.160. The van der Waals surface area contributed by atoms with Gasteiger partial charge in [-0.2, -0.15) is 0 Å². The predicted octanol–water partition coefficient (Wildman–Crippen LogP) is 0.458. The smallest absolute Gasteiger partial charge is 0.0599 e. The van der Waals surface area contributed by atoms with E-state index in [0.717, 1.165) is 45.5 Å². The lowest BCUT2D eigenvalue weighted by atomic mass is 10.1. The molecule has 4 heteroatoms. The molecule has 0 aromatic rings. The van der Waals surface area contributed by atoms with Gasteiger partial charge in [-0.1, -0.05) is 0 Å². The van der Waals surface area contributed by atoms with Crippen LogP contribution in [0.5, 0.6) is 0 Å². The average Bonchev–Trinajstić information content (AvgIpc) is 2.33. The van der Waals surface area contributed by atoms with Crippen molar-refractivity contribution in [2.75, 3.05) is 39.9 Å². The Morgan fingerprint density at radius 1 is 1.44 bits per heavy atom. The molecule has 0 bridgehead atoms. The zero-order valence-electron chi connectivity index (χ0n) is 10.6. The van der Waals surface area contributed by atoms with Crippen LogP contribution in [0.3, 0.4) is 0 Å². The number of hydrogen-bond acceptors (Lipinski definition) is 4. The summed E-state index contributed by atoms with van der Waals surface area (Å²) in [5.74, 6) is 0. The van der Waals surface area contributed by atoms with Crippen molar-refractivity contribution in [2.45, 2.75) is 38.3 Å². The Labute approximate surface area is 99.0 Å². The molecule has 0 aromatic carbocycles. The van der Waals surface area contributed by atoms with Crippen molar-refractivity contribution in [1.82, 2.24) is 10.2 Å². The van der Waals surface area contributed by atoms with Crippen molar-refractivity contribution in [1.29, 1.82) is 0 Å². The zero-order valence-corrected chi connectivity index (χ0v) is 10.6. The minimum Gasteiger partial charge on any atom is -0.395 e. The molecule has 0 aromatic heterocycles. The molecule has 1 rings (SSSR count). The molecule has 0 saturated carbocycles. The number of hydrogen-bond donors (Lipinski definition) is 2. The maximum absolute atomic E-state index is 9.07. The molecule has 16 heavy (non-hydrogen) atoms. The number of nitrogens with one attached hydrogen (secondary N) is 1. The molecule has 0 spiro atoms. The highest BCUT2D eigenvalue weighted by molar-refractivity contribution is 4.74. The first kappa shape index (κ1) is 13.9. The van der Waals surface area contributed by atoms with Crippen LogP contribution >= 0.6 is 0 Å². The van der Waals surface area contributed by atoms with Crippen LogP contribution in [0.25, 0.3) is 0 Å². The van der Waals surface area contributed by atoms with E-state index in [1.165, 1.54) is 0 Å². The van der Waals surface area contributed by atoms with E-state index in [4.69, 9.17) is 9.84 Å². The lowest BCUT2D eigenvalue weighted by Crippen LogP contribution is -2.40. The predicted molar refractivity (Wildman–Crippen MR) is 65.6 cm³/mol. The van der Waals surface area contributed by atoms with Gasteiger partial charge in [0.15, 0.2) is 0 Å². The van der Waals surface area contributed by atoms with Gasteiger partial charge in [-0.15, -0.1) is 0 Å². The molecule has 1 atom stereocenters. The summed E-state index contributed by atoms with van der Waals surface area (Å²) >= 11 is 0. The third-order valence-electron chi connectivity index (χ3n) is 3.36. The van der Waals surface area contributed by atoms with E-state index in [1.54, 1.807) is 0 Å². The van der Waals surface area contributed by atoms with Crippen LogP contribution in [-0.4, -0.2) is 62.0 Å². The Kier molecular flexibility index (Phi) is 6.96. The molecule has 0 radical (unpaired) electrons. The first-order chi connectivity index (χ1) is 7.80. The van der Waals surface area contributed by atoms with Gasteiger partial charge in [0.1, 0.15) is 0 Å². The highest BCUT2D eigenvalue weighted by Crippen LogP contribution is 2.13. The monoisotopic (exact) mass is 230 g/mol. The standard InChI is InChI=1S/C12H26N2O2/c1-3-16-12-5-8-14(9-6-12)7-4-11(10-15)13-2/h11-13,15H,3-10H2,1-2H3. The van der Waals surface area contributed by atoms with Crippen molar-refractivity contribution in [3.05, 3.63) is 0 Å². The van der Waals surface area contributed by atoms with E-state index in [0.29, 0.717) is 6.10 Å². The molecule has 0 aliphatic carbocycles. The third-order valence-corrected chi connectivity index (χ3v) is 3.36. The number of aliphatic hydroxyl groups excluding tert-OH is 1. The second-order valence-corrected chi connectivity index (χ2v) is 4.45. The minimum atomic E-state index is 0.228. The molecule has 1 aliphatic rings. The highest BCUT2D eigenvalue weighted by atomic mass is 16.5. The third kappa shape index (κ3) is 4.78. The number of ether oxygens (including phenoxy) is 1. The first-order valence-electron chi connectivity index (χ1n) is 6.42. The van der Waals surface area contributed by atoms with Crippen LogP contribution in [0.4, 0.5) is 0 Å². The molecule has 1 heterocycles. The van der Waals surface area contributed by atoms with Crippen molar-refractivity contribution in [2.24, 2.45) is 0 Å². The van der Waals surface area contributed by atoms with Gasteiger partial charge < -0.3 is 20.1 Å². The molecule has 1 aliphatic heterocycles. The Bertz CT molecular complexity index is 166. The van der Waals surface area contributed by atoms with Crippen molar-refractivity contribution >= 4 is 0 Å². The first-order valence-corrected chi connectivity index (χ1v) is 6.42. The molecule has 1 fully saturated rings. The summed E-state index contributed by atoms with van der Waals surface area (Å²) in [6.45, 7) is 6.46. The van der Waals surface area contributed by atoms with Crippen molar-refractivity contribution in [3.8, 4) is 0 Å². The van der Waals surface area contributed by atoms with Crippen LogP contribution in [0.1, 0.15) is 26.2 Å². The fourth-order valence-corrected chi connectivity index (χ4v) is 2.20. The molecular formula is C12H26N2O2. The van der Waals surface area contributed by atoms with Gasteiger partial charge in [-0.05, 0) is 39.8 Å². The summed E-state index contributed by atoms with van der Waals surface area (Å²) in [6, 6.07) is 0.240. The van der Waals surface area contributed by atoms with Gasteiger partial charge in [-0.3, -0.25) is 0 Å². The van der Waals surface area contributed by atoms with Crippen molar-refractivity contribution in [3.63, 3.8) is 0 Å². The van der Waals surface area contributed by atoms with Crippen LogP contribution in [-0.2, 0) is 4.74 Å². The minimum absolute atomic E-state index is 0.228. The number of aliphatic hydroxyl groups is 1. The van der Waals surface area contributed by atoms with Crippen LogP contribution < -0.4 is 5.32 Å². The van der Waals surface area contributed by atoms with Gasteiger partial charge in [0.25, 0.3) is 0 Å². The van der Waals surface area contributed by atoms with Crippen LogP contribution in [0.15, 0.2) is 0 Å². The van der Waals surface area contributed by atoms with Gasteiger partial charge in [0, 0.05) is 25.7 Å². The Balaban J connectivity index is 2.12. The Morgan fingerprint density at radius 3 is 2.62 bits per heavy atom. The largest absolute Gasteiger partial charge is 0.395 e. The van der Waals surface area contributed by atoms with E-state index in [9.17, 15) is 0 Å². The average molecular weight is 230 g/mol. The summed E-state index contributed by atoms with van der Waals surface area (Å²) in [5, 5.41) is 12.2. The molecule has 2 N–H and O–H groups in total. The Morgan fingerprint density at radius 2 is 2.12 bits per heavy atom. The molecule has 96 valence electrons. The topological polar surface area (TPSA) is 44.7 Å². The zero-order chi connectivity index (χ0) is 11.8. The number of likely N-dealkylation sites (N-methyl/N-ethyl adjacent to an activating group) is 1. The second-order valence-electron chi connectivity index (χ2n) is 4.45. The van der Waals surface area contributed by atoms with Gasteiger partial charge in [0.2, 0.25) is 0 Å². The van der Waals surface area contributed by atoms with Gasteiger partial charge in [-0.25, -0.2) is 0 Å². The van der Waals surface area contributed by atoms with E-state index >= 15 is 0 Å². The molecular weight excluding hydrogens is 204 g/mol. The fraction of sp³-hybridized carbons (Fsp3) is 1.00. The maximum Gasteiger partial charge on any atom is 0.0599 e. The number of rotatable bonds is 7. The normalized spacial score (nSPS) is 21.2.